The lowest BCUT2D eigenvalue weighted by Gasteiger charge is -2.29. The average Bonchev–Trinajstić information content (AvgIpc) is 2.82. The Kier molecular flexibility index (Phi) is 5.84. The third-order valence-corrected chi connectivity index (χ3v) is 5.36. The summed E-state index contributed by atoms with van der Waals surface area (Å²) in [5.41, 5.74) is 2.86. The Morgan fingerprint density at radius 1 is 1.03 bits per heavy atom. The van der Waals surface area contributed by atoms with Crippen molar-refractivity contribution in [3.8, 4) is 11.5 Å². The van der Waals surface area contributed by atoms with Crippen molar-refractivity contribution in [1.82, 2.24) is 4.90 Å². The Morgan fingerprint density at radius 2 is 1.74 bits per heavy atom. The van der Waals surface area contributed by atoms with Gasteiger partial charge >= 0.3 is 0 Å². The fraction of sp³-hybridized carbons (Fsp3) is 0.208. The third kappa shape index (κ3) is 4.35. The van der Waals surface area contributed by atoms with Crippen molar-refractivity contribution < 1.29 is 19.2 Å². The lowest BCUT2D eigenvalue weighted by atomic mass is 9.99. The van der Waals surface area contributed by atoms with Crippen LogP contribution in [0, 0.1) is 10.1 Å². The number of nitro benzene ring substituents is 1. The summed E-state index contributed by atoms with van der Waals surface area (Å²) in [5, 5.41) is 11.8. The van der Waals surface area contributed by atoms with Gasteiger partial charge in [-0.15, -0.1) is 0 Å². The van der Waals surface area contributed by atoms with Gasteiger partial charge in [0.15, 0.2) is 11.5 Å². The van der Waals surface area contributed by atoms with E-state index in [-0.39, 0.29) is 29.4 Å². The maximum absolute atomic E-state index is 13.2. The number of nitrogens with zero attached hydrogens (tertiary/aromatic N) is 2. The van der Waals surface area contributed by atoms with E-state index in [2.05, 4.69) is 0 Å². The summed E-state index contributed by atoms with van der Waals surface area (Å²) in [6.45, 7) is 1.15. The molecule has 0 unspecified atom stereocenters. The molecule has 0 N–H and O–H groups in total. The number of fused-ring (bicyclic) bond motifs is 1. The highest BCUT2D eigenvalue weighted by Gasteiger charge is 2.30. The highest BCUT2D eigenvalue weighted by molar-refractivity contribution is 5.99. The number of hydrogen-bond acceptors (Lipinski definition) is 5. The van der Waals surface area contributed by atoms with Gasteiger partial charge in [0, 0.05) is 19.2 Å². The molecule has 0 fully saturated rings. The SMILES string of the molecule is COc1cc(C(=O)N2CCc3ccccc3C2)c([N+](=O)[O-])cc1OCc1ccccc1. The standard InChI is InChI=1S/C24H22N2O5/c1-30-22-13-20(24(27)25-12-11-18-9-5-6-10-19(18)15-25)21(26(28)29)14-23(22)31-16-17-7-3-2-4-8-17/h2-10,13-14H,11-12,15-16H2,1H3. The van der Waals surface area contributed by atoms with Gasteiger partial charge in [0.05, 0.1) is 18.1 Å². The fourth-order valence-electron chi connectivity index (χ4n) is 3.72. The normalized spacial score (nSPS) is 12.7. The number of carbonyl (C=O) groups excluding carboxylic acids is 1. The minimum Gasteiger partial charge on any atom is -0.493 e. The summed E-state index contributed by atoms with van der Waals surface area (Å²) >= 11 is 0. The Morgan fingerprint density at radius 3 is 2.45 bits per heavy atom. The molecule has 1 amide bonds. The molecule has 0 radical (unpaired) electrons. The van der Waals surface area contributed by atoms with Gasteiger partial charge in [-0.3, -0.25) is 14.9 Å². The van der Waals surface area contributed by atoms with Gasteiger partial charge in [-0.05, 0) is 23.1 Å². The van der Waals surface area contributed by atoms with Gasteiger partial charge < -0.3 is 14.4 Å². The molecular formula is C24H22N2O5. The number of ether oxygens (including phenoxy) is 2. The summed E-state index contributed by atoms with van der Waals surface area (Å²) < 4.78 is 11.2. The van der Waals surface area contributed by atoms with Gasteiger partial charge in [-0.25, -0.2) is 0 Å². The molecule has 7 nitrogen and oxygen atoms in total. The number of rotatable bonds is 6. The third-order valence-electron chi connectivity index (χ3n) is 5.36. The first-order valence-corrected chi connectivity index (χ1v) is 9.96. The van der Waals surface area contributed by atoms with E-state index < -0.39 is 10.8 Å². The van der Waals surface area contributed by atoms with Gasteiger partial charge in [0.2, 0.25) is 0 Å². The average molecular weight is 418 g/mol. The molecule has 1 heterocycles. The van der Waals surface area contributed by atoms with Gasteiger partial charge in [0.25, 0.3) is 11.6 Å². The molecule has 0 saturated carbocycles. The topological polar surface area (TPSA) is 81.9 Å². The Balaban J connectivity index is 1.62. The molecule has 1 aliphatic rings. The van der Waals surface area contributed by atoms with Crippen molar-refractivity contribution in [2.75, 3.05) is 13.7 Å². The monoisotopic (exact) mass is 418 g/mol. The van der Waals surface area contributed by atoms with Crippen LogP contribution in [0.5, 0.6) is 11.5 Å². The summed E-state index contributed by atoms with van der Waals surface area (Å²) in [4.78, 5) is 26.1. The van der Waals surface area contributed by atoms with E-state index in [1.54, 1.807) is 4.90 Å². The van der Waals surface area contributed by atoms with Gasteiger partial charge in [0.1, 0.15) is 12.2 Å². The molecule has 158 valence electrons. The molecule has 0 bridgehead atoms. The Labute approximate surface area is 180 Å². The van der Waals surface area contributed by atoms with Crippen molar-refractivity contribution in [3.05, 3.63) is 99.1 Å². The van der Waals surface area contributed by atoms with Crippen LogP contribution in [0.3, 0.4) is 0 Å². The van der Waals surface area contributed by atoms with Gasteiger partial charge in [-0.2, -0.15) is 0 Å². The molecule has 3 aromatic carbocycles. The van der Waals surface area contributed by atoms with Crippen LogP contribution in [0.2, 0.25) is 0 Å². The number of hydrogen-bond donors (Lipinski definition) is 0. The lowest BCUT2D eigenvalue weighted by Crippen LogP contribution is -2.36. The predicted molar refractivity (Wildman–Crippen MR) is 115 cm³/mol. The van der Waals surface area contributed by atoms with Crippen LogP contribution in [0.4, 0.5) is 5.69 Å². The number of nitro groups is 1. The quantitative estimate of drug-likeness (QED) is 0.438. The van der Waals surface area contributed by atoms with Crippen LogP contribution >= 0.6 is 0 Å². The van der Waals surface area contributed by atoms with E-state index in [1.165, 1.54) is 24.8 Å². The van der Waals surface area contributed by atoms with Crippen LogP contribution < -0.4 is 9.47 Å². The first-order chi connectivity index (χ1) is 15.1. The number of methoxy groups -OCH3 is 1. The van der Waals surface area contributed by atoms with Crippen LogP contribution in [-0.2, 0) is 19.6 Å². The van der Waals surface area contributed by atoms with Gasteiger partial charge in [-0.1, -0.05) is 54.6 Å². The maximum Gasteiger partial charge on any atom is 0.286 e. The first-order valence-electron chi connectivity index (χ1n) is 9.96. The summed E-state index contributed by atoms with van der Waals surface area (Å²) in [6.07, 6.45) is 0.713. The second-order valence-corrected chi connectivity index (χ2v) is 7.30. The number of amides is 1. The molecule has 7 heteroatoms. The van der Waals surface area contributed by atoms with E-state index in [0.29, 0.717) is 19.5 Å². The van der Waals surface area contributed by atoms with Crippen LogP contribution in [0.25, 0.3) is 0 Å². The van der Waals surface area contributed by atoms with Crippen LogP contribution in [0.15, 0.2) is 66.7 Å². The Bertz CT molecular complexity index is 1110. The molecule has 0 spiro atoms. The zero-order chi connectivity index (χ0) is 21.8. The molecule has 3 aromatic rings. The second-order valence-electron chi connectivity index (χ2n) is 7.30. The molecule has 0 aromatic heterocycles. The molecule has 0 saturated heterocycles. The number of carbonyl (C=O) groups is 1. The molecular weight excluding hydrogens is 396 g/mol. The minimum absolute atomic E-state index is 0.00621. The van der Waals surface area contributed by atoms with E-state index in [9.17, 15) is 14.9 Å². The van der Waals surface area contributed by atoms with Crippen molar-refractivity contribution in [1.29, 1.82) is 0 Å². The van der Waals surface area contributed by atoms with Crippen LogP contribution in [0.1, 0.15) is 27.0 Å². The van der Waals surface area contributed by atoms with E-state index in [4.69, 9.17) is 9.47 Å². The van der Waals surface area contributed by atoms with E-state index in [1.807, 2.05) is 54.6 Å². The summed E-state index contributed by atoms with van der Waals surface area (Å²) in [7, 11) is 1.45. The molecule has 0 aliphatic carbocycles. The fourth-order valence-corrected chi connectivity index (χ4v) is 3.72. The van der Waals surface area contributed by atoms with Crippen molar-refractivity contribution in [2.45, 2.75) is 19.6 Å². The lowest BCUT2D eigenvalue weighted by molar-refractivity contribution is -0.385. The molecule has 1 aliphatic heterocycles. The summed E-state index contributed by atoms with van der Waals surface area (Å²) in [6, 6.07) is 20.1. The molecule has 0 atom stereocenters. The minimum atomic E-state index is -0.556. The van der Waals surface area contributed by atoms with Crippen molar-refractivity contribution in [2.24, 2.45) is 0 Å². The highest BCUT2D eigenvalue weighted by Crippen LogP contribution is 2.36. The number of benzene rings is 3. The highest BCUT2D eigenvalue weighted by atomic mass is 16.6. The predicted octanol–water partition coefficient (Wildman–Crippen LogP) is 4.38. The molecule has 4 rings (SSSR count). The largest absolute Gasteiger partial charge is 0.493 e. The van der Waals surface area contributed by atoms with E-state index >= 15 is 0 Å². The second kappa shape index (κ2) is 8.87. The smallest absolute Gasteiger partial charge is 0.286 e. The summed E-state index contributed by atoms with van der Waals surface area (Å²) in [5.74, 6) is 0.106. The zero-order valence-electron chi connectivity index (χ0n) is 17.1. The van der Waals surface area contributed by atoms with Crippen molar-refractivity contribution in [3.63, 3.8) is 0 Å². The molecule has 31 heavy (non-hydrogen) atoms. The van der Waals surface area contributed by atoms with Crippen molar-refractivity contribution >= 4 is 11.6 Å². The maximum atomic E-state index is 13.2. The van der Waals surface area contributed by atoms with E-state index in [0.717, 1.165) is 11.1 Å². The van der Waals surface area contributed by atoms with Crippen LogP contribution in [-0.4, -0.2) is 29.4 Å². The Hall–Kier alpha value is -3.87. The zero-order valence-corrected chi connectivity index (χ0v) is 17.1. The first kappa shape index (κ1) is 20.4.